The number of halogens is 1. The molecule has 0 fully saturated rings. The average Bonchev–Trinajstić information content (AvgIpc) is 2.97. The van der Waals surface area contributed by atoms with Gasteiger partial charge in [0.05, 0.1) is 0 Å². The van der Waals surface area contributed by atoms with Crippen LogP contribution in [0.4, 0.5) is 4.39 Å². The van der Waals surface area contributed by atoms with E-state index in [-0.39, 0.29) is 11.7 Å². The smallest absolute Gasteiger partial charge is 0.289 e. The first-order valence-corrected chi connectivity index (χ1v) is 7.30. The second-order valence-corrected chi connectivity index (χ2v) is 4.96. The third-order valence-corrected chi connectivity index (χ3v) is 3.22. The minimum absolute atomic E-state index is 0.0907. The van der Waals surface area contributed by atoms with Gasteiger partial charge >= 0.3 is 0 Å². The molecular weight excluding hydrogens is 269 g/mol. The fourth-order valence-corrected chi connectivity index (χ4v) is 2.23. The monoisotopic (exact) mass is 289 g/mol. The molecule has 0 aliphatic heterocycles. The predicted octanol–water partition coefficient (Wildman–Crippen LogP) is 4.35. The van der Waals surface area contributed by atoms with Crippen LogP contribution in [0.1, 0.15) is 37.2 Å². The van der Waals surface area contributed by atoms with Crippen LogP contribution in [-0.2, 0) is 0 Å². The van der Waals surface area contributed by atoms with Crippen molar-refractivity contribution in [2.24, 2.45) is 0 Å². The first-order chi connectivity index (χ1) is 10.2. The van der Waals surface area contributed by atoms with Crippen LogP contribution in [0.2, 0.25) is 0 Å². The number of nitrogens with zero attached hydrogens (tertiary/aromatic N) is 1. The number of carbonyl (C=O) groups excluding carboxylic acids is 1. The third-order valence-electron chi connectivity index (χ3n) is 3.22. The van der Waals surface area contributed by atoms with E-state index < -0.39 is 0 Å². The van der Waals surface area contributed by atoms with Gasteiger partial charge in [-0.1, -0.05) is 13.8 Å². The lowest BCUT2D eigenvalue weighted by atomic mass is 10.2. The van der Waals surface area contributed by atoms with Crippen molar-refractivity contribution in [3.8, 4) is 11.3 Å². The van der Waals surface area contributed by atoms with Crippen molar-refractivity contribution < 1.29 is 13.6 Å². The molecule has 0 spiro atoms. The number of amides is 1. The highest BCUT2D eigenvalue weighted by atomic mass is 19.1. The second kappa shape index (κ2) is 7.07. The summed E-state index contributed by atoms with van der Waals surface area (Å²) < 4.78 is 18.6. The molecule has 0 atom stereocenters. The first kappa shape index (κ1) is 15.3. The van der Waals surface area contributed by atoms with Crippen LogP contribution in [0.15, 0.2) is 40.8 Å². The Balaban J connectivity index is 2.18. The molecule has 0 saturated carbocycles. The normalized spacial score (nSPS) is 10.6. The highest BCUT2D eigenvalue weighted by Gasteiger charge is 2.18. The summed E-state index contributed by atoms with van der Waals surface area (Å²) >= 11 is 0. The Morgan fingerprint density at radius 3 is 2.24 bits per heavy atom. The maximum atomic E-state index is 12.9. The number of furan rings is 1. The van der Waals surface area contributed by atoms with E-state index in [1.807, 2.05) is 13.8 Å². The topological polar surface area (TPSA) is 33.5 Å². The minimum Gasteiger partial charge on any atom is -0.451 e. The molecule has 4 heteroatoms. The van der Waals surface area contributed by atoms with E-state index in [0.29, 0.717) is 11.5 Å². The van der Waals surface area contributed by atoms with Gasteiger partial charge in [0.15, 0.2) is 5.76 Å². The molecule has 1 heterocycles. The lowest BCUT2D eigenvalue weighted by Gasteiger charge is -2.19. The molecule has 1 amide bonds. The summed E-state index contributed by atoms with van der Waals surface area (Å²) in [7, 11) is 0. The lowest BCUT2D eigenvalue weighted by Crippen LogP contribution is -2.32. The summed E-state index contributed by atoms with van der Waals surface area (Å²) in [6, 6.07) is 9.45. The number of hydrogen-bond donors (Lipinski definition) is 0. The van der Waals surface area contributed by atoms with Crippen LogP contribution < -0.4 is 0 Å². The number of rotatable bonds is 6. The van der Waals surface area contributed by atoms with Crippen LogP contribution in [0.3, 0.4) is 0 Å². The Hall–Kier alpha value is -2.10. The van der Waals surface area contributed by atoms with Gasteiger partial charge in [-0.15, -0.1) is 0 Å². The lowest BCUT2D eigenvalue weighted by molar-refractivity contribution is 0.0724. The minimum atomic E-state index is -0.293. The van der Waals surface area contributed by atoms with E-state index in [1.165, 1.54) is 12.1 Å². The number of benzene rings is 1. The zero-order chi connectivity index (χ0) is 15.2. The largest absolute Gasteiger partial charge is 0.451 e. The first-order valence-electron chi connectivity index (χ1n) is 7.30. The van der Waals surface area contributed by atoms with Crippen molar-refractivity contribution in [3.63, 3.8) is 0 Å². The molecule has 0 unspecified atom stereocenters. The third kappa shape index (κ3) is 3.72. The average molecular weight is 289 g/mol. The van der Waals surface area contributed by atoms with Crippen LogP contribution in [0, 0.1) is 5.82 Å². The summed E-state index contributed by atoms with van der Waals surface area (Å²) in [5.74, 6) is 0.522. The summed E-state index contributed by atoms with van der Waals surface area (Å²) in [5, 5.41) is 0. The van der Waals surface area contributed by atoms with Gasteiger partial charge in [-0.05, 0) is 49.2 Å². The summed E-state index contributed by atoms with van der Waals surface area (Å²) in [6.07, 6.45) is 1.83. The predicted molar refractivity (Wildman–Crippen MR) is 80.6 cm³/mol. The molecule has 0 aliphatic carbocycles. The van der Waals surface area contributed by atoms with Crippen molar-refractivity contribution in [1.29, 1.82) is 0 Å². The molecule has 0 radical (unpaired) electrons. The van der Waals surface area contributed by atoms with Crippen molar-refractivity contribution in [1.82, 2.24) is 4.90 Å². The molecule has 2 rings (SSSR count). The van der Waals surface area contributed by atoms with E-state index in [2.05, 4.69) is 0 Å². The second-order valence-electron chi connectivity index (χ2n) is 4.96. The fourth-order valence-electron chi connectivity index (χ4n) is 2.23. The Kier molecular flexibility index (Phi) is 5.14. The van der Waals surface area contributed by atoms with E-state index in [1.54, 1.807) is 29.2 Å². The van der Waals surface area contributed by atoms with Gasteiger partial charge in [0.25, 0.3) is 5.91 Å². The van der Waals surface area contributed by atoms with Gasteiger partial charge in [-0.3, -0.25) is 4.79 Å². The van der Waals surface area contributed by atoms with Crippen molar-refractivity contribution in [3.05, 3.63) is 48.0 Å². The van der Waals surface area contributed by atoms with Crippen molar-refractivity contribution in [2.75, 3.05) is 13.1 Å². The molecule has 21 heavy (non-hydrogen) atoms. The van der Waals surface area contributed by atoms with Gasteiger partial charge in [-0.25, -0.2) is 4.39 Å². The number of hydrogen-bond acceptors (Lipinski definition) is 2. The molecule has 0 aliphatic rings. The highest BCUT2D eigenvalue weighted by Crippen LogP contribution is 2.23. The fraction of sp³-hybridized carbons (Fsp3) is 0.353. The number of carbonyl (C=O) groups is 1. The van der Waals surface area contributed by atoms with Gasteiger partial charge in [0.1, 0.15) is 11.6 Å². The standard InChI is InChI=1S/C17H20FNO2/c1-3-11-19(12-4-2)17(20)16-10-9-15(21-16)13-5-7-14(18)8-6-13/h5-10H,3-4,11-12H2,1-2H3. The highest BCUT2D eigenvalue weighted by molar-refractivity contribution is 5.92. The quantitative estimate of drug-likeness (QED) is 0.792. The summed E-state index contributed by atoms with van der Waals surface area (Å²) in [4.78, 5) is 14.2. The van der Waals surface area contributed by atoms with Gasteiger partial charge in [0, 0.05) is 18.7 Å². The summed E-state index contributed by atoms with van der Waals surface area (Å²) in [6.45, 7) is 5.53. The van der Waals surface area contributed by atoms with Crippen LogP contribution >= 0.6 is 0 Å². The van der Waals surface area contributed by atoms with Crippen LogP contribution in [0.5, 0.6) is 0 Å². The van der Waals surface area contributed by atoms with Crippen molar-refractivity contribution >= 4 is 5.91 Å². The van der Waals surface area contributed by atoms with Crippen LogP contribution in [0.25, 0.3) is 11.3 Å². The van der Waals surface area contributed by atoms with Crippen molar-refractivity contribution in [2.45, 2.75) is 26.7 Å². The van der Waals surface area contributed by atoms with Gasteiger partial charge in [0.2, 0.25) is 0 Å². The molecule has 3 nitrogen and oxygen atoms in total. The Morgan fingerprint density at radius 2 is 1.67 bits per heavy atom. The molecule has 0 saturated heterocycles. The molecule has 1 aromatic heterocycles. The molecular formula is C17H20FNO2. The van der Waals surface area contributed by atoms with Gasteiger partial charge < -0.3 is 9.32 Å². The molecule has 112 valence electrons. The zero-order valence-electron chi connectivity index (χ0n) is 12.4. The molecule has 0 N–H and O–H groups in total. The van der Waals surface area contributed by atoms with Crippen LogP contribution in [-0.4, -0.2) is 23.9 Å². The molecule has 2 aromatic rings. The Labute approximate surface area is 124 Å². The van der Waals surface area contributed by atoms with E-state index in [4.69, 9.17) is 4.42 Å². The van der Waals surface area contributed by atoms with E-state index in [0.717, 1.165) is 31.5 Å². The van der Waals surface area contributed by atoms with Gasteiger partial charge in [-0.2, -0.15) is 0 Å². The Morgan fingerprint density at radius 1 is 1.05 bits per heavy atom. The van der Waals surface area contributed by atoms with E-state index in [9.17, 15) is 9.18 Å². The zero-order valence-corrected chi connectivity index (χ0v) is 12.4. The maximum Gasteiger partial charge on any atom is 0.289 e. The maximum absolute atomic E-state index is 12.9. The van der Waals surface area contributed by atoms with E-state index >= 15 is 0 Å². The SMILES string of the molecule is CCCN(CCC)C(=O)c1ccc(-c2ccc(F)cc2)o1. The molecule has 1 aromatic carbocycles. The molecule has 0 bridgehead atoms. The Bertz CT molecular complexity index is 583. The summed E-state index contributed by atoms with van der Waals surface area (Å²) in [5.41, 5.74) is 0.757.